The Morgan fingerprint density at radius 1 is 1.00 bits per heavy atom. The van der Waals surface area contributed by atoms with Crippen LogP contribution in [0.15, 0.2) is 35.5 Å². The molecule has 0 radical (unpaired) electrons. The first-order valence-electron chi connectivity index (χ1n) is 4.03. The van der Waals surface area contributed by atoms with Crippen molar-refractivity contribution in [1.29, 1.82) is 0 Å². The van der Waals surface area contributed by atoms with Crippen molar-refractivity contribution in [3.63, 3.8) is 0 Å². The molecule has 0 atom stereocenters. The second-order valence-electron chi connectivity index (χ2n) is 2.91. The van der Waals surface area contributed by atoms with Gasteiger partial charge in [0.25, 0.3) is 0 Å². The molecule has 0 heterocycles. The van der Waals surface area contributed by atoms with Gasteiger partial charge in [0.2, 0.25) is 0 Å². The van der Waals surface area contributed by atoms with E-state index in [0.717, 1.165) is 0 Å². The first-order chi connectivity index (χ1) is 4.97. The smallest absolute Gasteiger partial charge is 0.0241 e. The minimum Gasteiger partial charge on any atom is -0.0836 e. The van der Waals surface area contributed by atoms with E-state index in [9.17, 15) is 0 Å². The molecule has 0 amide bonds. The van der Waals surface area contributed by atoms with Crippen molar-refractivity contribution < 1.29 is 0 Å². The predicted octanol–water partition coefficient (Wildman–Crippen LogP) is 2.98. The van der Waals surface area contributed by atoms with E-state index in [2.05, 4.69) is 24.3 Å². The van der Waals surface area contributed by atoms with E-state index in [1.807, 2.05) is 0 Å². The third-order valence-corrected chi connectivity index (χ3v) is 2.17. The van der Waals surface area contributed by atoms with Gasteiger partial charge in [0.05, 0.1) is 0 Å². The lowest BCUT2D eigenvalue weighted by Crippen LogP contribution is -1.96. The molecule has 0 saturated heterocycles. The molecule has 2 rings (SSSR count). The molecule has 0 bridgehead atoms. The van der Waals surface area contributed by atoms with Gasteiger partial charge in [-0.3, -0.25) is 0 Å². The molecule has 0 nitrogen and oxygen atoms in total. The molecule has 0 aromatic rings. The summed E-state index contributed by atoms with van der Waals surface area (Å²) < 4.78 is 0. The molecule has 0 unspecified atom stereocenters. The molecule has 2 aliphatic rings. The monoisotopic (exact) mass is 132 g/mol. The maximum Gasteiger partial charge on any atom is -0.0241 e. The Kier molecular flexibility index (Phi) is 1.46. The zero-order valence-electron chi connectivity index (χ0n) is 6.14. The van der Waals surface area contributed by atoms with Crippen LogP contribution in [-0.2, 0) is 0 Å². The highest BCUT2D eigenvalue weighted by atomic mass is 14.1. The first-order valence-corrected chi connectivity index (χ1v) is 4.03. The van der Waals surface area contributed by atoms with Crippen LogP contribution < -0.4 is 0 Å². The van der Waals surface area contributed by atoms with Crippen molar-refractivity contribution in [2.24, 2.45) is 0 Å². The second kappa shape index (κ2) is 2.45. The van der Waals surface area contributed by atoms with E-state index in [-0.39, 0.29) is 0 Å². The zero-order chi connectivity index (χ0) is 6.81. The molecule has 2 aliphatic carbocycles. The standard InChI is InChI=1S/C10H12/c1-2-6-10-8-4-3-7-9(10)5-1/h1,5,7-8H,2-4,6H2. The Morgan fingerprint density at radius 2 is 1.90 bits per heavy atom. The molecule has 0 saturated carbocycles. The summed E-state index contributed by atoms with van der Waals surface area (Å²) in [7, 11) is 0. The Hall–Kier alpha value is -0.780. The van der Waals surface area contributed by atoms with E-state index >= 15 is 0 Å². The van der Waals surface area contributed by atoms with Gasteiger partial charge in [0.1, 0.15) is 0 Å². The number of hydrogen-bond acceptors (Lipinski definition) is 0. The van der Waals surface area contributed by atoms with Crippen molar-refractivity contribution in [1.82, 2.24) is 0 Å². The number of rotatable bonds is 0. The van der Waals surface area contributed by atoms with E-state index in [1.165, 1.54) is 31.3 Å². The molecule has 0 heteroatoms. The molecule has 0 aromatic heterocycles. The zero-order valence-corrected chi connectivity index (χ0v) is 6.14. The molecule has 0 N–H and O–H groups in total. The fraction of sp³-hybridized carbons (Fsp3) is 0.400. The molecular formula is C10H12. The average Bonchev–Trinajstić information content (AvgIpc) is 2.05. The minimum absolute atomic E-state index is 1.24. The lowest BCUT2D eigenvalue weighted by Gasteiger charge is -2.15. The Bertz CT molecular complexity index is 216. The minimum atomic E-state index is 1.24. The maximum atomic E-state index is 2.39. The molecule has 0 fully saturated rings. The molecule has 0 spiro atoms. The first kappa shape index (κ1) is 5.96. The van der Waals surface area contributed by atoms with Gasteiger partial charge in [-0.25, -0.2) is 0 Å². The molecular weight excluding hydrogens is 120 g/mol. The van der Waals surface area contributed by atoms with Crippen LogP contribution in [0.4, 0.5) is 0 Å². The Balaban J connectivity index is 2.33. The summed E-state index contributed by atoms with van der Waals surface area (Å²) in [4.78, 5) is 0. The van der Waals surface area contributed by atoms with Crippen LogP contribution in [0.1, 0.15) is 25.7 Å². The van der Waals surface area contributed by atoms with Crippen LogP contribution in [-0.4, -0.2) is 0 Å². The van der Waals surface area contributed by atoms with Crippen molar-refractivity contribution in [3.8, 4) is 0 Å². The van der Waals surface area contributed by atoms with Gasteiger partial charge in [-0.1, -0.05) is 24.3 Å². The Morgan fingerprint density at radius 3 is 2.80 bits per heavy atom. The molecule has 0 aromatic carbocycles. The fourth-order valence-corrected chi connectivity index (χ4v) is 1.62. The van der Waals surface area contributed by atoms with Gasteiger partial charge in [0.15, 0.2) is 0 Å². The maximum absolute atomic E-state index is 2.39. The molecule has 52 valence electrons. The van der Waals surface area contributed by atoms with Gasteiger partial charge in [0, 0.05) is 0 Å². The SMILES string of the molecule is C1=CC2=CCCC=C2CC1. The third-order valence-electron chi connectivity index (χ3n) is 2.17. The fourth-order valence-electron chi connectivity index (χ4n) is 1.62. The van der Waals surface area contributed by atoms with Crippen LogP contribution >= 0.6 is 0 Å². The summed E-state index contributed by atoms with van der Waals surface area (Å²) in [5.74, 6) is 0. The number of allylic oxidation sites excluding steroid dienone is 6. The second-order valence-corrected chi connectivity index (χ2v) is 2.91. The third kappa shape index (κ3) is 0.942. The van der Waals surface area contributed by atoms with Gasteiger partial charge in [-0.05, 0) is 36.8 Å². The summed E-state index contributed by atoms with van der Waals surface area (Å²) in [6.07, 6.45) is 14.3. The van der Waals surface area contributed by atoms with Crippen molar-refractivity contribution in [2.45, 2.75) is 25.7 Å². The van der Waals surface area contributed by atoms with Crippen molar-refractivity contribution in [3.05, 3.63) is 35.5 Å². The largest absolute Gasteiger partial charge is 0.0836 e. The molecule has 0 aliphatic heterocycles. The summed E-state index contributed by atoms with van der Waals surface area (Å²) in [6.45, 7) is 0. The van der Waals surface area contributed by atoms with Gasteiger partial charge in [-0.15, -0.1) is 0 Å². The highest BCUT2D eigenvalue weighted by molar-refractivity contribution is 5.43. The van der Waals surface area contributed by atoms with E-state index in [1.54, 1.807) is 5.57 Å². The summed E-state index contributed by atoms with van der Waals surface area (Å²) in [6, 6.07) is 0. The number of hydrogen-bond donors (Lipinski definition) is 0. The lowest BCUT2D eigenvalue weighted by atomic mass is 9.90. The van der Waals surface area contributed by atoms with E-state index < -0.39 is 0 Å². The molecule has 10 heavy (non-hydrogen) atoms. The van der Waals surface area contributed by atoms with Crippen LogP contribution in [0.3, 0.4) is 0 Å². The highest BCUT2D eigenvalue weighted by Gasteiger charge is 2.07. The summed E-state index contributed by atoms with van der Waals surface area (Å²) in [5.41, 5.74) is 3.06. The van der Waals surface area contributed by atoms with Crippen molar-refractivity contribution in [2.75, 3.05) is 0 Å². The van der Waals surface area contributed by atoms with Crippen LogP contribution in [0.2, 0.25) is 0 Å². The summed E-state index contributed by atoms with van der Waals surface area (Å²) >= 11 is 0. The lowest BCUT2D eigenvalue weighted by molar-refractivity contribution is 0.904. The topological polar surface area (TPSA) is 0 Å². The highest BCUT2D eigenvalue weighted by Crippen LogP contribution is 2.27. The van der Waals surface area contributed by atoms with E-state index in [0.29, 0.717) is 0 Å². The van der Waals surface area contributed by atoms with Gasteiger partial charge >= 0.3 is 0 Å². The van der Waals surface area contributed by atoms with Crippen LogP contribution in [0.5, 0.6) is 0 Å². The quantitative estimate of drug-likeness (QED) is 0.475. The Labute approximate surface area is 61.9 Å². The summed E-state index contributed by atoms with van der Waals surface area (Å²) in [5, 5.41) is 0. The van der Waals surface area contributed by atoms with Crippen LogP contribution in [0.25, 0.3) is 0 Å². The van der Waals surface area contributed by atoms with E-state index in [4.69, 9.17) is 0 Å². The normalized spacial score (nSPS) is 23.2. The van der Waals surface area contributed by atoms with Crippen LogP contribution in [0, 0.1) is 0 Å². The van der Waals surface area contributed by atoms with Gasteiger partial charge < -0.3 is 0 Å². The average molecular weight is 132 g/mol. The predicted molar refractivity (Wildman–Crippen MR) is 43.8 cm³/mol. The van der Waals surface area contributed by atoms with Crippen molar-refractivity contribution >= 4 is 0 Å². The number of fused-ring (bicyclic) bond motifs is 1. The van der Waals surface area contributed by atoms with Gasteiger partial charge in [-0.2, -0.15) is 0 Å².